The summed E-state index contributed by atoms with van der Waals surface area (Å²) >= 11 is 0. The van der Waals surface area contributed by atoms with Gasteiger partial charge in [0.25, 0.3) is 0 Å². The third-order valence-corrected chi connectivity index (χ3v) is 4.59. The van der Waals surface area contributed by atoms with Gasteiger partial charge in [-0.05, 0) is 36.1 Å². The van der Waals surface area contributed by atoms with Crippen LogP contribution >= 0.6 is 0 Å². The third kappa shape index (κ3) is 5.41. The number of nitrogens with one attached hydrogen (secondary N) is 1. The van der Waals surface area contributed by atoms with Crippen LogP contribution in [-0.4, -0.2) is 48.7 Å². The molecule has 0 unspecified atom stereocenters. The highest BCUT2D eigenvalue weighted by Gasteiger charge is 2.13. The lowest BCUT2D eigenvalue weighted by atomic mass is 10.1. The zero-order chi connectivity index (χ0) is 20.7. The Morgan fingerprint density at radius 3 is 2.54 bits per heavy atom. The summed E-state index contributed by atoms with van der Waals surface area (Å²) in [6.07, 6.45) is 3.87. The first-order chi connectivity index (χ1) is 13.4. The van der Waals surface area contributed by atoms with Gasteiger partial charge in [0, 0.05) is 39.6 Å². The molecule has 1 heterocycles. The molecule has 0 fully saturated rings. The first-order valence-corrected chi connectivity index (χ1v) is 9.52. The second-order valence-corrected chi connectivity index (χ2v) is 7.28. The van der Waals surface area contributed by atoms with Crippen LogP contribution in [-0.2, 0) is 19.6 Å². The summed E-state index contributed by atoms with van der Waals surface area (Å²) in [5.74, 6) is 3.86. The molecular weight excluding hydrogens is 354 g/mol. The van der Waals surface area contributed by atoms with E-state index >= 15 is 0 Å². The Kier molecular flexibility index (Phi) is 7.72. The van der Waals surface area contributed by atoms with Crippen molar-refractivity contribution < 1.29 is 9.47 Å². The number of imidazole rings is 1. The summed E-state index contributed by atoms with van der Waals surface area (Å²) in [4.78, 5) is 11.0. The lowest BCUT2D eigenvalue weighted by Gasteiger charge is -2.24. The van der Waals surface area contributed by atoms with Crippen molar-refractivity contribution in [3.63, 3.8) is 0 Å². The first kappa shape index (κ1) is 21.6. The maximum Gasteiger partial charge on any atom is 0.194 e. The van der Waals surface area contributed by atoms with Crippen molar-refractivity contribution in [2.45, 2.75) is 40.4 Å². The number of nitrogens with zero attached hydrogens (tertiary/aromatic N) is 4. The van der Waals surface area contributed by atoms with E-state index in [1.165, 1.54) is 0 Å². The normalized spacial score (nSPS) is 11.6. The van der Waals surface area contributed by atoms with Crippen molar-refractivity contribution >= 4 is 5.96 Å². The van der Waals surface area contributed by atoms with Crippen LogP contribution in [0.25, 0.3) is 0 Å². The largest absolute Gasteiger partial charge is 0.493 e. The van der Waals surface area contributed by atoms with Crippen LogP contribution in [0.4, 0.5) is 0 Å². The van der Waals surface area contributed by atoms with Crippen molar-refractivity contribution in [3.05, 3.63) is 41.5 Å². The van der Waals surface area contributed by atoms with E-state index in [-0.39, 0.29) is 0 Å². The minimum atomic E-state index is 0.572. The van der Waals surface area contributed by atoms with Gasteiger partial charge in [-0.25, -0.2) is 4.98 Å². The minimum absolute atomic E-state index is 0.572. The van der Waals surface area contributed by atoms with E-state index in [4.69, 9.17) is 9.47 Å². The zero-order valence-corrected chi connectivity index (χ0v) is 18.1. The van der Waals surface area contributed by atoms with E-state index in [0.29, 0.717) is 19.0 Å². The van der Waals surface area contributed by atoms with Crippen molar-refractivity contribution in [3.8, 4) is 11.5 Å². The highest BCUT2D eigenvalue weighted by molar-refractivity contribution is 5.79. The van der Waals surface area contributed by atoms with Gasteiger partial charge in [0.1, 0.15) is 5.82 Å². The highest BCUT2D eigenvalue weighted by Crippen LogP contribution is 2.30. The second-order valence-electron chi connectivity index (χ2n) is 7.28. The molecule has 0 saturated heterocycles. The van der Waals surface area contributed by atoms with E-state index < -0.39 is 0 Å². The summed E-state index contributed by atoms with van der Waals surface area (Å²) in [5.41, 5.74) is 2.30. The molecule has 0 spiro atoms. The molecule has 0 aliphatic heterocycles. The number of hydrogen-bond donors (Lipinski definition) is 1. The molecule has 0 saturated carbocycles. The maximum atomic E-state index is 5.44. The van der Waals surface area contributed by atoms with E-state index in [1.54, 1.807) is 21.3 Å². The number of methoxy groups -OCH3 is 2. The molecule has 2 aromatic rings. The molecule has 0 amide bonds. The van der Waals surface area contributed by atoms with Gasteiger partial charge in [-0.1, -0.05) is 13.8 Å². The van der Waals surface area contributed by atoms with Gasteiger partial charge in [0.2, 0.25) is 0 Å². The van der Waals surface area contributed by atoms with Crippen LogP contribution in [0.3, 0.4) is 0 Å². The summed E-state index contributed by atoms with van der Waals surface area (Å²) in [6, 6.07) is 4.02. The van der Waals surface area contributed by atoms with Crippen LogP contribution < -0.4 is 14.8 Å². The van der Waals surface area contributed by atoms with Gasteiger partial charge in [-0.2, -0.15) is 0 Å². The number of rotatable bonds is 8. The summed E-state index contributed by atoms with van der Waals surface area (Å²) in [7, 11) is 7.12. The lowest BCUT2D eigenvalue weighted by molar-refractivity contribution is 0.353. The van der Waals surface area contributed by atoms with Gasteiger partial charge in [-0.3, -0.25) is 4.99 Å². The van der Waals surface area contributed by atoms with E-state index in [2.05, 4.69) is 45.5 Å². The minimum Gasteiger partial charge on any atom is -0.493 e. The number of guanidine groups is 1. The van der Waals surface area contributed by atoms with Crippen LogP contribution in [0.1, 0.15) is 30.8 Å². The summed E-state index contributed by atoms with van der Waals surface area (Å²) in [6.45, 7) is 8.76. The van der Waals surface area contributed by atoms with Gasteiger partial charge in [0.15, 0.2) is 17.5 Å². The molecule has 0 bridgehead atoms. The number of aryl methyl sites for hydroxylation is 1. The predicted molar refractivity (Wildman–Crippen MR) is 113 cm³/mol. The van der Waals surface area contributed by atoms with Crippen LogP contribution in [0.2, 0.25) is 0 Å². The first-order valence-electron chi connectivity index (χ1n) is 9.52. The molecule has 2 rings (SSSR count). The molecule has 0 radical (unpaired) electrons. The van der Waals surface area contributed by atoms with Crippen molar-refractivity contribution in [2.75, 3.05) is 28.3 Å². The summed E-state index contributed by atoms with van der Waals surface area (Å²) in [5, 5.41) is 3.41. The van der Waals surface area contributed by atoms with Gasteiger partial charge >= 0.3 is 0 Å². The number of aromatic nitrogens is 2. The fraction of sp³-hybridized carbons (Fsp3) is 0.524. The Hall–Kier alpha value is -2.70. The molecule has 1 aromatic heterocycles. The van der Waals surface area contributed by atoms with Gasteiger partial charge in [0.05, 0.1) is 20.8 Å². The Bertz CT molecular complexity index is 798. The van der Waals surface area contributed by atoms with Gasteiger partial charge in [-0.15, -0.1) is 0 Å². The van der Waals surface area contributed by atoms with Crippen molar-refractivity contribution in [1.82, 2.24) is 19.8 Å². The Morgan fingerprint density at radius 1 is 1.25 bits per heavy atom. The fourth-order valence-corrected chi connectivity index (χ4v) is 3.13. The molecule has 7 heteroatoms. The Balaban J connectivity index is 2.06. The van der Waals surface area contributed by atoms with Crippen molar-refractivity contribution in [2.24, 2.45) is 10.9 Å². The van der Waals surface area contributed by atoms with Crippen LogP contribution in [0.5, 0.6) is 11.5 Å². The summed E-state index contributed by atoms with van der Waals surface area (Å²) < 4.78 is 13.0. The molecule has 154 valence electrons. The molecule has 0 aliphatic carbocycles. The van der Waals surface area contributed by atoms with E-state index in [9.17, 15) is 0 Å². The average Bonchev–Trinajstić information content (AvgIpc) is 3.09. The molecular formula is C21H33N5O2. The average molecular weight is 388 g/mol. The molecule has 1 N–H and O–H groups in total. The zero-order valence-electron chi connectivity index (χ0n) is 18.1. The number of ether oxygens (including phenoxy) is 2. The standard InChI is InChI=1S/C21H33N5O2/c1-15(2)13-26-9-8-23-20(26)12-24-21(22-4)25(5)14-17-11-19(28-7)18(27-6)10-16(17)3/h8-11,15H,12-14H2,1-7H3,(H,22,24). The van der Waals surface area contributed by atoms with E-state index in [0.717, 1.165) is 41.0 Å². The SMILES string of the molecule is CN=C(NCc1nccn1CC(C)C)N(C)Cc1cc(OC)c(OC)cc1C. The number of benzene rings is 1. The Morgan fingerprint density at radius 2 is 1.93 bits per heavy atom. The number of hydrogen-bond acceptors (Lipinski definition) is 4. The smallest absolute Gasteiger partial charge is 0.194 e. The molecule has 1 aromatic carbocycles. The topological polar surface area (TPSA) is 63.9 Å². The molecule has 28 heavy (non-hydrogen) atoms. The Labute approximate surface area is 168 Å². The van der Waals surface area contributed by atoms with Gasteiger partial charge < -0.3 is 24.3 Å². The monoisotopic (exact) mass is 387 g/mol. The van der Waals surface area contributed by atoms with Crippen molar-refractivity contribution in [1.29, 1.82) is 0 Å². The maximum absolute atomic E-state index is 5.44. The fourth-order valence-electron chi connectivity index (χ4n) is 3.13. The molecule has 0 aliphatic rings. The predicted octanol–water partition coefficient (Wildman–Crippen LogP) is 3.07. The number of aliphatic imine (C=N–C) groups is 1. The van der Waals surface area contributed by atoms with Crippen LogP contribution in [0, 0.1) is 12.8 Å². The lowest BCUT2D eigenvalue weighted by Crippen LogP contribution is -2.38. The quantitative estimate of drug-likeness (QED) is 0.557. The van der Waals surface area contributed by atoms with E-state index in [1.807, 2.05) is 31.6 Å². The molecule has 0 atom stereocenters. The second kappa shape index (κ2) is 10.0. The highest BCUT2D eigenvalue weighted by atomic mass is 16.5. The molecule has 7 nitrogen and oxygen atoms in total. The third-order valence-electron chi connectivity index (χ3n) is 4.59. The van der Waals surface area contributed by atoms with Crippen LogP contribution in [0.15, 0.2) is 29.5 Å².